The zero-order valence-electron chi connectivity index (χ0n) is 15.6. The van der Waals surface area contributed by atoms with Crippen LogP contribution in [0.4, 0.5) is 4.79 Å². The van der Waals surface area contributed by atoms with Crippen LogP contribution in [-0.4, -0.2) is 43.0 Å². The van der Waals surface area contributed by atoms with Crippen molar-refractivity contribution in [3.05, 3.63) is 35.4 Å². The summed E-state index contributed by atoms with van der Waals surface area (Å²) in [6.07, 6.45) is -0.595. The van der Waals surface area contributed by atoms with Crippen molar-refractivity contribution < 1.29 is 33.0 Å². The molecule has 0 unspecified atom stereocenters. The second kappa shape index (κ2) is 9.16. The Hall–Kier alpha value is -1.89. The highest BCUT2D eigenvalue weighted by molar-refractivity contribution is 7.52. The van der Waals surface area contributed by atoms with E-state index in [9.17, 15) is 19.3 Å². The molecule has 0 saturated heterocycles. The Bertz CT molecular complexity index is 659. The van der Waals surface area contributed by atoms with E-state index < -0.39 is 31.3 Å². The number of rotatable bonds is 8. The Morgan fingerprint density at radius 1 is 1.12 bits per heavy atom. The minimum Gasteiger partial charge on any atom is -0.480 e. The van der Waals surface area contributed by atoms with Crippen molar-refractivity contribution in [2.75, 3.05) is 14.2 Å². The zero-order chi connectivity index (χ0) is 20.0. The van der Waals surface area contributed by atoms with Crippen molar-refractivity contribution in [3.63, 3.8) is 0 Å². The molecule has 0 heterocycles. The number of hydrogen-bond acceptors (Lipinski definition) is 6. The highest BCUT2D eigenvalue weighted by Crippen LogP contribution is 2.49. The van der Waals surface area contributed by atoms with Crippen molar-refractivity contribution in [3.8, 4) is 0 Å². The lowest BCUT2D eigenvalue weighted by Crippen LogP contribution is -2.44. The third-order valence-electron chi connectivity index (χ3n) is 3.38. The second-order valence-corrected chi connectivity index (χ2v) is 8.96. The molecule has 0 aliphatic rings. The first-order chi connectivity index (χ1) is 12.0. The number of alkyl carbamates (subject to hydrolysis) is 1. The zero-order valence-corrected chi connectivity index (χ0v) is 16.5. The highest BCUT2D eigenvalue weighted by Gasteiger charge is 2.25. The minimum atomic E-state index is -3.17. The van der Waals surface area contributed by atoms with Gasteiger partial charge in [0.25, 0.3) is 0 Å². The van der Waals surface area contributed by atoms with Crippen molar-refractivity contribution in [2.45, 2.75) is 45.0 Å². The fraction of sp³-hybridized carbons (Fsp3) is 0.529. The van der Waals surface area contributed by atoms with Crippen LogP contribution >= 0.6 is 7.60 Å². The van der Waals surface area contributed by atoms with Gasteiger partial charge < -0.3 is 24.2 Å². The molecule has 26 heavy (non-hydrogen) atoms. The maximum absolute atomic E-state index is 12.1. The number of carboxylic acid groups (broad SMARTS) is 1. The molecule has 0 aliphatic heterocycles. The topological polar surface area (TPSA) is 111 Å². The predicted octanol–water partition coefficient (Wildman–Crippen LogP) is 3.19. The summed E-state index contributed by atoms with van der Waals surface area (Å²) in [5.41, 5.74) is 0.709. The summed E-state index contributed by atoms with van der Waals surface area (Å²) in [5, 5.41) is 11.7. The fourth-order valence-electron chi connectivity index (χ4n) is 2.09. The molecule has 2 N–H and O–H groups in total. The summed E-state index contributed by atoms with van der Waals surface area (Å²) in [4.78, 5) is 23.2. The molecular weight excluding hydrogens is 361 g/mol. The van der Waals surface area contributed by atoms with Gasteiger partial charge in [-0.15, -0.1) is 0 Å². The van der Waals surface area contributed by atoms with Crippen molar-refractivity contribution in [1.82, 2.24) is 5.32 Å². The summed E-state index contributed by atoms with van der Waals surface area (Å²) < 4.78 is 27.0. The molecule has 0 fully saturated rings. The van der Waals surface area contributed by atoms with Gasteiger partial charge in [0.05, 0.1) is 6.16 Å². The van der Waals surface area contributed by atoms with Gasteiger partial charge >= 0.3 is 19.7 Å². The molecule has 1 rings (SSSR count). The van der Waals surface area contributed by atoms with Gasteiger partial charge in [-0.1, -0.05) is 24.3 Å². The lowest BCUT2D eigenvalue weighted by atomic mass is 10.0. The monoisotopic (exact) mass is 387 g/mol. The SMILES string of the molecule is COP(=O)(Cc1ccc(C[C@H](NC(=O)OC(C)(C)C)C(=O)O)cc1)OC. The number of carboxylic acids is 1. The number of benzene rings is 1. The number of nitrogens with one attached hydrogen (secondary N) is 1. The molecule has 0 spiro atoms. The summed E-state index contributed by atoms with van der Waals surface area (Å²) in [7, 11) is -0.532. The van der Waals surface area contributed by atoms with Gasteiger partial charge in [0.1, 0.15) is 11.6 Å². The maximum Gasteiger partial charge on any atom is 0.408 e. The van der Waals surface area contributed by atoms with Crippen LogP contribution in [0, 0.1) is 0 Å². The third kappa shape index (κ3) is 7.56. The summed E-state index contributed by atoms with van der Waals surface area (Å²) in [5.74, 6) is -1.16. The van der Waals surface area contributed by atoms with Crippen LogP contribution in [0.15, 0.2) is 24.3 Å². The molecule has 1 aromatic carbocycles. The number of hydrogen-bond donors (Lipinski definition) is 2. The molecule has 0 bridgehead atoms. The standard InChI is InChI=1S/C17H26NO7P/c1-17(2,3)25-16(21)18-14(15(19)20)10-12-6-8-13(9-7-12)11-26(22,23-4)24-5/h6-9,14H,10-11H2,1-5H3,(H,18,21)(H,19,20)/t14-/m0/s1. The number of ether oxygens (including phenoxy) is 1. The van der Waals surface area contributed by atoms with Crippen LogP contribution in [0.5, 0.6) is 0 Å². The summed E-state index contributed by atoms with van der Waals surface area (Å²) >= 11 is 0. The molecule has 0 aliphatic carbocycles. The molecular formula is C17H26NO7P. The lowest BCUT2D eigenvalue weighted by Gasteiger charge is -2.22. The summed E-state index contributed by atoms with van der Waals surface area (Å²) in [6.45, 7) is 5.08. The third-order valence-corrected chi connectivity index (χ3v) is 5.25. The molecule has 1 atom stereocenters. The molecule has 1 amide bonds. The van der Waals surface area contributed by atoms with E-state index in [1.54, 1.807) is 45.0 Å². The van der Waals surface area contributed by atoms with Crippen LogP contribution in [-0.2, 0) is 35.7 Å². The van der Waals surface area contributed by atoms with Crippen LogP contribution in [0.2, 0.25) is 0 Å². The van der Waals surface area contributed by atoms with E-state index in [0.717, 1.165) is 5.56 Å². The Kier molecular flexibility index (Phi) is 7.81. The van der Waals surface area contributed by atoms with Gasteiger partial charge in [-0.2, -0.15) is 0 Å². The maximum atomic E-state index is 12.1. The Labute approximate surface area is 153 Å². The van der Waals surface area contributed by atoms with Gasteiger partial charge in [-0.3, -0.25) is 4.57 Å². The Morgan fingerprint density at radius 3 is 2.04 bits per heavy atom. The number of carbonyl (C=O) groups is 2. The first kappa shape index (κ1) is 22.2. The fourth-order valence-corrected chi connectivity index (χ4v) is 3.16. The van der Waals surface area contributed by atoms with Crippen molar-refractivity contribution >= 4 is 19.7 Å². The van der Waals surface area contributed by atoms with E-state index in [-0.39, 0.29) is 12.6 Å². The predicted molar refractivity (Wildman–Crippen MR) is 96.3 cm³/mol. The van der Waals surface area contributed by atoms with E-state index in [2.05, 4.69) is 5.32 Å². The van der Waals surface area contributed by atoms with Crippen LogP contribution in [0.25, 0.3) is 0 Å². The van der Waals surface area contributed by atoms with Crippen molar-refractivity contribution in [2.24, 2.45) is 0 Å². The minimum absolute atomic E-state index is 0.0844. The Morgan fingerprint density at radius 2 is 1.62 bits per heavy atom. The molecule has 146 valence electrons. The highest BCUT2D eigenvalue weighted by atomic mass is 31.2. The number of carbonyl (C=O) groups excluding carboxylic acids is 1. The van der Waals surface area contributed by atoms with Gasteiger partial charge in [-0.05, 0) is 31.9 Å². The van der Waals surface area contributed by atoms with Gasteiger partial charge in [0.15, 0.2) is 0 Å². The molecule has 8 nitrogen and oxygen atoms in total. The molecule has 0 radical (unpaired) electrons. The summed E-state index contributed by atoms with van der Waals surface area (Å²) in [6, 6.07) is 5.72. The second-order valence-electron chi connectivity index (χ2n) is 6.69. The van der Waals surface area contributed by atoms with E-state index in [0.29, 0.717) is 5.56 Å². The van der Waals surface area contributed by atoms with Crippen molar-refractivity contribution in [1.29, 1.82) is 0 Å². The van der Waals surface area contributed by atoms with Gasteiger partial charge in [0, 0.05) is 20.6 Å². The van der Waals surface area contributed by atoms with E-state index >= 15 is 0 Å². The number of aliphatic carboxylic acids is 1. The van der Waals surface area contributed by atoms with E-state index in [1.807, 2.05) is 0 Å². The normalized spacial score (nSPS) is 13.1. The molecule has 1 aromatic rings. The van der Waals surface area contributed by atoms with Gasteiger partial charge in [-0.25, -0.2) is 9.59 Å². The van der Waals surface area contributed by atoms with Crippen LogP contribution < -0.4 is 5.32 Å². The average Bonchev–Trinajstić information content (AvgIpc) is 2.54. The smallest absolute Gasteiger partial charge is 0.408 e. The molecule has 9 heteroatoms. The molecule has 0 aromatic heterocycles. The first-order valence-electron chi connectivity index (χ1n) is 7.98. The van der Waals surface area contributed by atoms with Crippen LogP contribution in [0.1, 0.15) is 31.9 Å². The lowest BCUT2D eigenvalue weighted by molar-refractivity contribution is -0.139. The molecule has 0 saturated carbocycles. The average molecular weight is 387 g/mol. The first-order valence-corrected chi connectivity index (χ1v) is 9.71. The number of amides is 1. The quantitative estimate of drug-likeness (QED) is 0.659. The van der Waals surface area contributed by atoms with E-state index in [1.165, 1.54) is 14.2 Å². The Balaban J connectivity index is 2.77. The van der Waals surface area contributed by atoms with Gasteiger partial charge in [0.2, 0.25) is 0 Å². The van der Waals surface area contributed by atoms with Crippen LogP contribution in [0.3, 0.4) is 0 Å². The largest absolute Gasteiger partial charge is 0.480 e. The van der Waals surface area contributed by atoms with E-state index in [4.69, 9.17) is 13.8 Å².